The fourth-order valence-electron chi connectivity index (χ4n) is 2.62. The van der Waals surface area contributed by atoms with Crippen LogP contribution in [0.3, 0.4) is 0 Å². The Morgan fingerprint density at radius 3 is 2.74 bits per heavy atom. The van der Waals surface area contributed by atoms with E-state index in [4.69, 9.17) is 0 Å². The van der Waals surface area contributed by atoms with Crippen LogP contribution in [0.5, 0.6) is 5.75 Å². The highest BCUT2D eigenvalue weighted by atomic mass is 16.3. The van der Waals surface area contributed by atoms with Crippen LogP contribution in [0.2, 0.25) is 0 Å². The third-order valence-electron chi connectivity index (χ3n) is 3.74. The predicted octanol–water partition coefficient (Wildman–Crippen LogP) is 0.430. The molecule has 0 radical (unpaired) electrons. The first-order chi connectivity index (χ1) is 11.1. The van der Waals surface area contributed by atoms with Gasteiger partial charge in [-0.1, -0.05) is 19.1 Å². The number of benzene rings is 1. The van der Waals surface area contributed by atoms with Crippen LogP contribution in [-0.2, 0) is 6.54 Å². The molecule has 4 N–H and O–H groups in total. The van der Waals surface area contributed by atoms with Gasteiger partial charge in [-0.2, -0.15) is 0 Å². The monoisotopic (exact) mass is 318 g/mol. The number of hydrogen-bond donors (Lipinski definition) is 3. The van der Waals surface area contributed by atoms with Gasteiger partial charge >= 0.3 is 0 Å². The van der Waals surface area contributed by atoms with Crippen LogP contribution < -0.4 is 16.2 Å². The fraction of sp³-hybridized carbons (Fsp3) is 0.412. The van der Waals surface area contributed by atoms with E-state index in [0.717, 1.165) is 19.5 Å². The quantitative estimate of drug-likeness (QED) is 0.647. The van der Waals surface area contributed by atoms with Gasteiger partial charge in [0.05, 0.1) is 25.2 Å². The summed E-state index contributed by atoms with van der Waals surface area (Å²) in [5.41, 5.74) is 0.0291. The number of likely N-dealkylation sites (N-methyl/N-ethyl adjacent to an activating group) is 1. The zero-order valence-corrected chi connectivity index (χ0v) is 13.6. The standard InChI is InChI=1S/C17H23N3O3/c1-3-11-20-13-8-6-5-7-12(13)15(21)14(17(20)23)16(22)19-10-9-18-4-2/h5-8,18,21H,3-4,9-11H2,1-2H3,(H,19,22)/p+1. The number of rotatable bonds is 7. The zero-order chi connectivity index (χ0) is 16.8. The summed E-state index contributed by atoms with van der Waals surface area (Å²) in [5.74, 6) is -0.762. The van der Waals surface area contributed by atoms with Crippen LogP contribution >= 0.6 is 0 Å². The number of aromatic hydroxyl groups is 1. The molecule has 2 aromatic rings. The van der Waals surface area contributed by atoms with Crippen molar-refractivity contribution >= 4 is 16.8 Å². The number of quaternary nitrogens is 1. The number of nitrogens with two attached hydrogens (primary N) is 1. The number of aryl methyl sites for hydroxylation is 1. The van der Waals surface area contributed by atoms with E-state index in [1.54, 1.807) is 22.8 Å². The molecule has 1 amide bonds. The van der Waals surface area contributed by atoms with Gasteiger partial charge < -0.3 is 20.3 Å². The Hall–Kier alpha value is -2.34. The molecule has 0 aliphatic rings. The third-order valence-corrected chi connectivity index (χ3v) is 3.74. The molecule has 6 heteroatoms. The summed E-state index contributed by atoms with van der Waals surface area (Å²) in [6.45, 7) is 6.62. The summed E-state index contributed by atoms with van der Waals surface area (Å²) >= 11 is 0. The molecule has 1 heterocycles. The highest BCUT2D eigenvalue weighted by Crippen LogP contribution is 2.26. The van der Waals surface area contributed by atoms with Gasteiger partial charge in [0.2, 0.25) is 0 Å². The number of fused-ring (bicyclic) bond motifs is 1. The molecule has 23 heavy (non-hydrogen) atoms. The minimum Gasteiger partial charge on any atom is -0.506 e. The molecule has 0 saturated carbocycles. The molecule has 0 saturated heterocycles. The number of nitrogens with zero attached hydrogens (tertiary/aromatic N) is 1. The second-order valence-corrected chi connectivity index (χ2v) is 5.44. The van der Waals surface area contributed by atoms with Crippen LogP contribution in [0, 0.1) is 0 Å². The highest BCUT2D eigenvalue weighted by molar-refractivity contribution is 6.02. The van der Waals surface area contributed by atoms with Crippen molar-refractivity contribution in [1.82, 2.24) is 9.88 Å². The highest BCUT2D eigenvalue weighted by Gasteiger charge is 2.21. The minimum absolute atomic E-state index is 0.173. The topological polar surface area (TPSA) is 87.9 Å². The molecule has 0 fully saturated rings. The Kier molecular flexibility index (Phi) is 5.76. The number of amides is 1. The van der Waals surface area contributed by atoms with Gasteiger partial charge in [0.15, 0.2) is 0 Å². The number of carbonyl (C=O) groups is 1. The molecule has 0 aliphatic heterocycles. The fourth-order valence-corrected chi connectivity index (χ4v) is 2.62. The van der Waals surface area contributed by atoms with E-state index in [2.05, 4.69) is 10.6 Å². The van der Waals surface area contributed by atoms with E-state index in [0.29, 0.717) is 24.0 Å². The molecule has 0 atom stereocenters. The van der Waals surface area contributed by atoms with Crippen molar-refractivity contribution in [3.05, 3.63) is 40.2 Å². The second kappa shape index (κ2) is 7.78. The van der Waals surface area contributed by atoms with Gasteiger partial charge in [0, 0.05) is 11.9 Å². The van der Waals surface area contributed by atoms with Crippen molar-refractivity contribution in [3.8, 4) is 5.75 Å². The third kappa shape index (κ3) is 3.53. The van der Waals surface area contributed by atoms with E-state index >= 15 is 0 Å². The first-order valence-corrected chi connectivity index (χ1v) is 8.06. The van der Waals surface area contributed by atoms with Crippen molar-refractivity contribution in [3.63, 3.8) is 0 Å². The molecule has 1 aromatic carbocycles. The lowest BCUT2D eigenvalue weighted by Crippen LogP contribution is -2.85. The molecule has 2 rings (SSSR count). The van der Waals surface area contributed by atoms with E-state index in [1.807, 2.05) is 19.9 Å². The van der Waals surface area contributed by atoms with Gasteiger partial charge in [0.25, 0.3) is 11.5 Å². The summed E-state index contributed by atoms with van der Waals surface area (Å²) in [6.07, 6.45) is 0.765. The zero-order valence-electron chi connectivity index (χ0n) is 13.6. The molecular weight excluding hydrogens is 294 g/mol. The molecule has 124 valence electrons. The Morgan fingerprint density at radius 1 is 1.30 bits per heavy atom. The molecule has 0 bridgehead atoms. The van der Waals surface area contributed by atoms with Crippen LogP contribution in [0.1, 0.15) is 30.6 Å². The smallest absolute Gasteiger partial charge is 0.267 e. The van der Waals surface area contributed by atoms with Crippen molar-refractivity contribution in [2.24, 2.45) is 0 Å². The van der Waals surface area contributed by atoms with E-state index < -0.39 is 11.5 Å². The Balaban J connectivity index is 2.47. The lowest BCUT2D eigenvalue weighted by Gasteiger charge is -2.14. The molecule has 6 nitrogen and oxygen atoms in total. The lowest BCUT2D eigenvalue weighted by molar-refractivity contribution is -0.649. The van der Waals surface area contributed by atoms with Gasteiger partial charge in [-0.25, -0.2) is 0 Å². The predicted molar refractivity (Wildman–Crippen MR) is 89.8 cm³/mol. The van der Waals surface area contributed by atoms with E-state index in [-0.39, 0.29) is 11.3 Å². The second-order valence-electron chi connectivity index (χ2n) is 5.44. The van der Waals surface area contributed by atoms with Crippen molar-refractivity contribution in [1.29, 1.82) is 0 Å². The number of para-hydroxylation sites is 1. The number of hydrogen-bond acceptors (Lipinski definition) is 3. The minimum atomic E-state index is -0.521. The number of aromatic nitrogens is 1. The SMILES string of the molecule is CCCn1c(=O)c(C(=O)NCC[NH2+]CC)c(O)c2ccccc21. The van der Waals surface area contributed by atoms with Crippen LogP contribution in [0.15, 0.2) is 29.1 Å². The molecule has 0 spiro atoms. The normalized spacial score (nSPS) is 10.9. The average molecular weight is 318 g/mol. The van der Waals surface area contributed by atoms with Gasteiger partial charge in [0.1, 0.15) is 11.3 Å². The first kappa shape index (κ1) is 17.0. The van der Waals surface area contributed by atoms with Gasteiger partial charge in [-0.15, -0.1) is 0 Å². The maximum atomic E-state index is 12.7. The average Bonchev–Trinajstić information content (AvgIpc) is 2.55. The summed E-state index contributed by atoms with van der Waals surface area (Å²) in [4.78, 5) is 25.0. The van der Waals surface area contributed by atoms with Crippen molar-refractivity contribution < 1.29 is 15.2 Å². The van der Waals surface area contributed by atoms with Crippen molar-refractivity contribution in [2.45, 2.75) is 26.8 Å². The molecule has 1 aromatic heterocycles. The van der Waals surface area contributed by atoms with Crippen LogP contribution in [0.25, 0.3) is 10.9 Å². The number of pyridine rings is 1. The Bertz CT molecular complexity index is 753. The summed E-state index contributed by atoms with van der Waals surface area (Å²) in [5, 5.41) is 15.7. The van der Waals surface area contributed by atoms with Crippen LogP contribution in [-0.4, -0.2) is 35.2 Å². The lowest BCUT2D eigenvalue weighted by atomic mass is 10.1. The first-order valence-electron chi connectivity index (χ1n) is 8.06. The summed E-state index contributed by atoms with van der Waals surface area (Å²) in [6, 6.07) is 7.09. The van der Waals surface area contributed by atoms with Crippen molar-refractivity contribution in [2.75, 3.05) is 19.6 Å². The van der Waals surface area contributed by atoms with Crippen LogP contribution in [0.4, 0.5) is 0 Å². The molecule has 0 aliphatic carbocycles. The number of nitrogens with one attached hydrogen (secondary N) is 1. The van der Waals surface area contributed by atoms with Gasteiger partial charge in [-0.3, -0.25) is 9.59 Å². The maximum absolute atomic E-state index is 12.7. The largest absolute Gasteiger partial charge is 0.506 e. The Labute approximate surface area is 135 Å². The van der Waals surface area contributed by atoms with E-state index in [1.165, 1.54) is 0 Å². The molecule has 0 unspecified atom stereocenters. The van der Waals surface area contributed by atoms with Gasteiger partial charge in [-0.05, 0) is 25.5 Å². The summed E-state index contributed by atoms with van der Waals surface area (Å²) < 4.78 is 1.56. The van der Waals surface area contributed by atoms with E-state index in [9.17, 15) is 14.7 Å². The maximum Gasteiger partial charge on any atom is 0.267 e. The summed E-state index contributed by atoms with van der Waals surface area (Å²) in [7, 11) is 0. The molecular formula is C17H24N3O3+. The Morgan fingerprint density at radius 2 is 2.04 bits per heavy atom. The number of carbonyl (C=O) groups excluding carboxylic acids is 1.